The van der Waals surface area contributed by atoms with Crippen molar-refractivity contribution in [2.75, 3.05) is 13.7 Å². The molecule has 0 fully saturated rings. The lowest BCUT2D eigenvalue weighted by molar-refractivity contribution is 0.141. The van der Waals surface area contributed by atoms with Crippen LogP contribution in [0.15, 0.2) is 18.2 Å². The van der Waals surface area contributed by atoms with Gasteiger partial charge in [0.25, 0.3) is 0 Å². The Morgan fingerprint density at radius 3 is 2.94 bits per heavy atom. The number of hydrogen-bond acceptors (Lipinski definition) is 4. The van der Waals surface area contributed by atoms with E-state index in [-0.39, 0.29) is 13.2 Å². The van der Waals surface area contributed by atoms with Gasteiger partial charge in [-0.2, -0.15) is 5.26 Å². The van der Waals surface area contributed by atoms with Gasteiger partial charge in [0, 0.05) is 0 Å². The van der Waals surface area contributed by atoms with Crippen molar-refractivity contribution in [1.29, 1.82) is 5.26 Å². The van der Waals surface area contributed by atoms with Gasteiger partial charge in [-0.1, -0.05) is 17.7 Å². The zero-order valence-corrected chi connectivity index (χ0v) is 9.95. The highest BCUT2D eigenvalue weighted by molar-refractivity contribution is 6.32. The summed E-state index contributed by atoms with van der Waals surface area (Å²) in [5, 5.41) is 11.0. The van der Waals surface area contributed by atoms with Crippen LogP contribution in [-0.2, 0) is 11.3 Å². The average molecular weight is 255 g/mol. The van der Waals surface area contributed by atoms with Crippen molar-refractivity contribution in [3.8, 4) is 11.8 Å². The van der Waals surface area contributed by atoms with E-state index in [9.17, 15) is 4.79 Å². The molecule has 1 aromatic carbocycles. The molecule has 0 radical (unpaired) electrons. The summed E-state index contributed by atoms with van der Waals surface area (Å²) < 4.78 is 9.85. The SMILES string of the molecule is COc1ccc(COC(=O)NCC#N)cc1Cl. The number of nitriles is 1. The summed E-state index contributed by atoms with van der Waals surface area (Å²) in [5.41, 5.74) is 0.739. The zero-order valence-electron chi connectivity index (χ0n) is 9.20. The largest absolute Gasteiger partial charge is 0.495 e. The molecular formula is C11H11ClN2O3. The van der Waals surface area contributed by atoms with Crippen LogP contribution in [-0.4, -0.2) is 19.7 Å². The highest BCUT2D eigenvalue weighted by atomic mass is 35.5. The number of carbonyl (C=O) groups is 1. The van der Waals surface area contributed by atoms with Crippen LogP contribution >= 0.6 is 11.6 Å². The summed E-state index contributed by atoms with van der Waals surface area (Å²) >= 11 is 5.90. The Labute approximate surface area is 104 Å². The molecule has 1 aromatic rings. The Bertz CT molecular complexity index is 443. The molecule has 0 saturated carbocycles. The number of carbonyl (C=O) groups excluding carboxylic acids is 1. The van der Waals surface area contributed by atoms with Crippen LogP contribution in [0.4, 0.5) is 4.79 Å². The van der Waals surface area contributed by atoms with Crippen molar-refractivity contribution in [3.05, 3.63) is 28.8 Å². The monoisotopic (exact) mass is 254 g/mol. The van der Waals surface area contributed by atoms with Crippen molar-refractivity contribution in [3.63, 3.8) is 0 Å². The molecule has 0 atom stereocenters. The van der Waals surface area contributed by atoms with Gasteiger partial charge in [-0.3, -0.25) is 0 Å². The third-order valence-corrected chi connectivity index (χ3v) is 2.19. The minimum Gasteiger partial charge on any atom is -0.495 e. The van der Waals surface area contributed by atoms with Crippen molar-refractivity contribution < 1.29 is 14.3 Å². The first kappa shape index (κ1) is 13.1. The second-order valence-corrected chi connectivity index (χ2v) is 3.46. The van der Waals surface area contributed by atoms with Crippen LogP contribution in [0.2, 0.25) is 5.02 Å². The average Bonchev–Trinajstić information content (AvgIpc) is 2.34. The van der Waals surface area contributed by atoms with Gasteiger partial charge in [0.1, 0.15) is 18.9 Å². The summed E-state index contributed by atoms with van der Waals surface area (Å²) in [7, 11) is 1.52. The van der Waals surface area contributed by atoms with Crippen LogP contribution in [0.25, 0.3) is 0 Å². The fourth-order valence-electron chi connectivity index (χ4n) is 1.11. The molecule has 0 aliphatic carbocycles. The van der Waals surface area contributed by atoms with Gasteiger partial charge in [0.05, 0.1) is 18.2 Å². The Morgan fingerprint density at radius 1 is 1.59 bits per heavy atom. The smallest absolute Gasteiger partial charge is 0.408 e. The summed E-state index contributed by atoms with van der Waals surface area (Å²) in [5.74, 6) is 0.560. The lowest BCUT2D eigenvalue weighted by atomic mass is 10.2. The van der Waals surface area contributed by atoms with Gasteiger partial charge in [0.2, 0.25) is 0 Å². The van der Waals surface area contributed by atoms with E-state index in [2.05, 4.69) is 5.32 Å². The fourth-order valence-corrected chi connectivity index (χ4v) is 1.39. The molecule has 0 spiro atoms. The lowest BCUT2D eigenvalue weighted by Crippen LogP contribution is -2.24. The zero-order chi connectivity index (χ0) is 12.7. The lowest BCUT2D eigenvalue weighted by Gasteiger charge is -2.07. The molecule has 1 amide bonds. The molecular weight excluding hydrogens is 244 g/mol. The number of rotatable bonds is 4. The van der Waals surface area contributed by atoms with Gasteiger partial charge < -0.3 is 14.8 Å². The number of nitrogens with one attached hydrogen (secondary N) is 1. The molecule has 1 rings (SSSR count). The van der Waals surface area contributed by atoms with E-state index in [4.69, 9.17) is 26.3 Å². The number of nitrogens with zero attached hydrogens (tertiary/aromatic N) is 1. The second kappa shape index (κ2) is 6.61. The van der Waals surface area contributed by atoms with E-state index in [0.29, 0.717) is 10.8 Å². The van der Waals surface area contributed by atoms with Crippen LogP contribution in [0.3, 0.4) is 0 Å². The molecule has 5 nitrogen and oxygen atoms in total. The molecule has 0 aromatic heterocycles. The summed E-state index contributed by atoms with van der Waals surface area (Å²) in [6.07, 6.45) is -0.640. The number of hydrogen-bond donors (Lipinski definition) is 1. The minimum absolute atomic E-state index is 0.0811. The highest BCUT2D eigenvalue weighted by Crippen LogP contribution is 2.25. The van der Waals surface area contributed by atoms with E-state index in [1.807, 2.05) is 0 Å². The van der Waals surface area contributed by atoms with Crippen LogP contribution in [0.1, 0.15) is 5.56 Å². The third kappa shape index (κ3) is 4.21. The molecule has 0 aliphatic rings. The maximum absolute atomic E-state index is 11.0. The predicted octanol–water partition coefficient (Wildman–Crippen LogP) is 2.10. The molecule has 0 saturated heterocycles. The Hall–Kier alpha value is -1.93. The van der Waals surface area contributed by atoms with E-state index in [1.54, 1.807) is 24.3 Å². The highest BCUT2D eigenvalue weighted by Gasteiger charge is 2.04. The van der Waals surface area contributed by atoms with E-state index >= 15 is 0 Å². The van der Waals surface area contributed by atoms with E-state index < -0.39 is 6.09 Å². The first-order valence-electron chi connectivity index (χ1n) is 4.77. The van der Waals surface area contributed by atoms with E-state index in [0.717, 1.165) is 5.56 Å². The van der Waals surface area contributed by atoms with Crippen molar-refractivity contribution in [2.24, 2.45) is 0 Å². The maximum atomic E-state index is 11.0. The van der Waals surface area contributed by atoms with Crippen molar-refractivity contribution in [2.45, 2.75) is 6.61 Å². The number of halogens is 1. The summed E-state index contributed by atoms with van der Waals surface area (Å²) in [6, 6.07) is 6.85. The molecule has 0 aliphatic heterocycles. The fraction of sp³-hybridized carbons (Fsp3) is 0.273. The topological polar surface area (TPSA) is 71.3 Å². The Morgan fingerprint density at radius 2 is 2.35 bits per heavy atom. The third-order valence-electron chi connectivity index (χ3n) is 1.90. The number of benzene rings is 1. The number of amides is 1. The normalized spacial score (nSPS) is 9.24. The molecule has 0 heterocycles. The van der Waals surface area contributed by atoms with Gasteiger partial charge in [-0.15, -0.1) is 0 Å². The Balaban J connectivity index is 2.50. The summed E-state index contributed by atoms with van der Waals surface area (Å²) in [6.45, 7) is 0.00315. The standard InChI is InChI=1S/C11H11ClN2O3/c1-16-10-3-2-8(6-9(10)12)7-17-11(15)14-5-4-13/h2-3,6H,5,7H2,1H3,(H,14,15). The molecule has 1 N–H and O–H groups in total. The molecule has 17 heavy (non-hydrogen) atoms. The van der Waals surface area contributed by atoms with Crippen LogP contribution < -0.4 is 10.1 Å². The van der Waals surface area contributed by atoms with E-state index in [1.165, 1.54) is 7.11 Å². The molecule has 0 unspecified atom stereocenters. The quantitative estimate of drug-likeness (QED) is 0.836. The van der Waals surface area contributed by atoms with Crippen LogP contribution in [0.5, 0.6) is 5.75 Å². The molecule has 6 heteroatoms. The first-order valence-corrected chi connectivity index (χ1v) is 5.15. The number of ether oxygens (including phenoxy) is 2. The van der Waals surface area contributed by atoms with Crippen molar-refractivity contribution >= 4 is 17.7 Å². The first-order chi connectivity index (χ1) is 8.17. The molecule has 0 bridgehead atoms. The predicted molar refractivity (Wildman–Crippen MR) is 61.8 cm³/mol. The number of alkyl carbamates (subject to hydrolysis) is 1. The second-order valence-electron chi connectivity index (χ2n) is 3.06. The number of methoxy groups -OCH3 is 1. The van der Waals surface area contributed by atoms with Gasteiger partial charge in [-0.25, -0.2) is 4.79 Å². The van der Waals surface area contributed by atoms with Crippen LogP contribution in [0, 0.1) is 11.3 Å². The van der Waals surface area contributed by atoms with Crippen molar-refractivity contribution in [1.82, 2.24) is 5.32 Å². The van der Waals surface area contributed by atoms with Gasteiger partial charge in [0.15, 0.2) is 0 Å². The molecule has 90 valence electrons. The summed E-state index contributed by atoms with van der Waals surface area (Å²) in [4.78, 5) is 11.0. The minimum atomic E-state index is -0.640. The maximum Gasteiger partial charge on any atom is 0.408 e. The van der Waals surface area contributed by atoms with Gasteiger partial charge >= 0.3 is 6.09 Å². The Kier molecular flexibility index (Phi) is 5.11. The van der Waals surface area contributed by atoms with Gasteiger partial charge in [-0.05, 0) is 17.7 Å².